The lowest BCUT2D eigenvalue weighted by Gasteiger charge is -2.39. The fourth-order valence-corrected chi connectivity index (χ4v) is 4.73. The van der Waals surface area contributed by atoms with Crippen LogP contribution in [0.3, 0.4) is 0 Å². The van der Waals surface area contributed by atoms with Gasteiger partial charge in [-0.15, -0.1) is 0 Å². The average Bonchev–Trinajstić information content (AvgIpc) is 3.07. The Bertz CT molecular complexity index is 833. The number of halogens is 1. The molecule has 0 radical (unpaired) electrons. The van der Waals surface area contributed by atoms with Crippen molar-refractivity contribution in [1.82, 2.24) is 14.8 Å². The van der Waals surface area contributed by atoms with Crippen LogP contribution < -0.4 is 0 Å². The quantitative estimate of drug-likeness (QED) is 0.897. The summed E-state index contributed by atoms with van der Waals surface area (Å²) in [4.78, 5) is 19.8. The molecule has 2 aliphatic heterocycles. The van der Waals surface area contributed by atoms with Gasteiger partial charge in [0, 0.05) is 42.8 Å². The molecule has 2 atom stereocenters. The van der Waals surface area contributed by atoms with Crippen LogP contribution in [0.5, 0.6) is 0 Å². The van der Waals surface area contributed by atoms with Gasteiger partial charge in [-0.1, -0.05) is 0 Å². The van der Waals surface area contributed by atoms with E-state index in [1.54, 1.807) is 12.1 Å². The first kappa shape index (κ1) is 16.5. The number of nitrogens with one attached hydrogen (secondary N) is 1. The normalized spacial score (nSPS) is 27.7. The third-order valence-corrected chi connectivity index (χ3v) is 6.11. The smallest absolute Gasteiger partial charge is 0.312 e. The minimum Gasteiger partial charge on any atom is -0.481 e. The van der Waals surface area contributed by atoms with Crippen LogP contribution >= 0.6 is 0 Å². The van der Waals surface area contributed by atoms with Gasteiger partial charge in [-0.3, -0.25) is 9.69 Å². The van der Waals surface area contributed by atoms with E-state index in [0.29, 0.717) is 19.6 Å². The molecule has 0 amide bonds. The molecule has 0 spiro atoms. The van der Waals surface area contributed by atoms with Crippen LogP contribution in [0, 0.1) is 24.1 Å². The third-order valence-electron chi connectivity index (χ3n) is 6.11. The zero-order valence-corrected chi connectivity index (χ0v) is 14.7. The van der Waals surface area contributed by atoms with Crippen molar-refractivity contribution < 1.29 is 14.3 Å². The number of carboxylic acids is 1. The van der Waals surface area contributed by atoms with Crippen LogP contribution in [0.15, 0.2) is 18.2 Å². The summed E-state index contributed by atoms with van der Waals surface area (Å²) in [6, 6.07) is 4.78. The van der Waals surface area contributed by atoms with E-state index in [1.165, 1.54) is 6.07 Å². The van der Waals surface area contributed by atoms with Crippen molar-refractivity contribution in [3.63, 3.8) is 0 Å². The van der Waals surface area contributed by atoms with Gasteiger partial charge >= 0.3 is 5.97 Å². The van der Waals surface area contributed by atoms with Gasteiger partial charge in [0.2, 0.25) is 0 Å². The predicted molar refractivity (Wildman–Crippen MR) is 93.9 cm³/mol. The fraction of sp³-hybridized carbons (Fsp3) is 0.526. The van der Waals surface area contributed by atoms with Crippen molar-refractivity contribution in [2.75, 3.05) is 33.2 Å². The maximum Gasteiger partial charge on any atom is 0.312 e. The largest absolute Gasteiger partial charge is 0.481 e. The van der Waals surface area contributed by atoms with E-state index in [2.05, 4.69) is 14.8 Å². The molecule has 0 unspecified atom stereocenters. The third kappa shape index (κ3) is 2.64. The van der Waals surface area contributed by atoms with Crippen molar-refractivity contribution in [3.05, 3.63) is 35.3 Å². The van der Waals surface area contributed by atoms with E-state index < -0.39 is 11.4 Å². The van der Waals surface area contributed by atoms with Gasteiger partial charge in [-0.05, 0) is 56.6 Å². The molecule has 1 aromatic heterocycles. The van der Waals surface area contributed by atoms with Crippen molar-refractivity contribution in [2.45, 2.75) is 19.9 Å². The van der Waals surface area contributed by atoms with Crippen molar-refractivity contribution in [3.8, 4) is 0 Å². The molecule has 3 heterocycles. The maximum absolute atomic E-state index is 13.5. The second-order valence-electron chi connectivity index (χ2n) is 7.77. The van der Waals surface area contributed by atoms with E-state index in [0.717, 1.165) is 41.7 Å². The molecule has 2 aliphatic rings. The Labute approximate surface area is 146 Å². The van der Waals surface area contributed by atoms with Crippen molar-refractivity contribution in [1.29, 1.82) is 0 Å². The highest BCUT2D eigenvalue weighted by atomic mass is 19.1. The average molecular weight is 345 g/mol. The number of likely N-dealkylation sites (tertiary alicyclic amines) is 2. The monoisotopic (exact) mass is 345 g/mol. The molecule has 0 saturated carbocycles. The Balaban J connectivity index is 1.60. The summed E-state index contributed by atoms with van der Waals surface area (Å²) in [6.45, 7) is 5.62. The number of carboxylic acid groups (broad SMARTS) is 1. The molecule has 2 aromatic rings. The number of hydrogen-bond acceptors (Lipinski definition) is 3. The Hall–Kier alpha value is -1.92. The van der Waals surface area contributed by atoms with Gasteiger partial charge < -0.3 is 15.0 Å². The molecule has 4 rings (SSSR count). The minimum absolute atomic E-state index is 0.198. The highest BCUT2D eigenvalue weighted by molar-refractivity contribution is 5.84. The van der Waals surface area contributed by atoms with Gasteiger partial charge in [-0.25, -0.2) is 4.39 Å². The topological polar surface area (TPSA) is 59.6 Å². The van der Waals surface area contributed by atoms with E-state index in [-0.39, 0.29) is 11.7 Å². The molecule has 134 valence electrons. The number of fused-ring (bicyclic) bond motifs is 2. The summed E-state index contributed by atoms with van der Waals surface area (Å²) in [5, 5.41) is 10.8. The van der Waals surface area contributed by atoms with Crippen LogP contribution in [-0.2, 0) is 11.3 Å². The molecule has 2 saturated heterocycles. The zero-order chi connectivity index (χ0) is 17.8. The highest BCUT2D eigenvalue weighted by Gasteiger charge is 2.54. The first-order chi connectivity index (χ1) is 11.9. The molecule has 1 aromatic carbocycles. The number of nitrogens with zero attached hydrogens (tertiary/aromatic N) is 2. The molecule has 0 aliphatic carbocycles. The molecule has 6 heteroatoms. The van der Waals surface area contributed by atoms with Crippen LogP contribution in [0.1, 0.15) is 17.7 Å². The predicted octanol–water partition coefficient (Wildman–Crippen LogP) is 2.45. The molecule has 5 nitrogen and oxygen atoms in total. The first-order valence-electron chi connectivity index (χ1n) is 8.80. The summed E-state index contributed by atoms with van der Waals surface area (Å²) in [7, 11) is 2.00. The van der Waals surface area contributed by atoms with Gasteiger partial charge in [0.05, 0.1) is 5.41 Å². The summed E-state index contributed by atoms with van der Waals surface area (Å²) >= 11 is 0. The fourth-order valence-electron chi connectivity index (χ4n) is 4.73. The Morgan fingerprint density at radius 1 is 1.44 bits per heavy atom. The molecule has 2 fully saturated rings. The van der Waals surface area contributed by atoms with Crippen LogP contribution in [0.25, 0.3) is 10.9 Å². The Morgan fingerprint density at radius 2 is 2.24 bits per heavy atom. The number of piperidine rings is 1. The summed E-state index contributed by atoms with van der Waals surface area (Å²) < 4.78 is 13.5. The second kappa shape index (κ2) is 5.81. The summed E-state index contributed by atoms with van der Waals surface area (Å²) in [5.74, 6) is -0.716. The summed E-state index contributed by atoms with van der Waals surface area (Å²) in [6.07, 6.45) is 0.927. The number of benzene rings is 1. The number of carbonyl (C=O) groups is 1. The zero-order valence-electron chi connectivity index (χ0n) is 14.7. The Morgan fingerprint density at radius 3 is 3.00 bits per heavy atom. The second-order valence-corrected chi connectivity index (χ2v) is 7.77. The molecular formula is C19H24FN3O2. The highest BCUT2D eigenvalue weighted by Crippen LogP contribution is 2.42. The van der Waals surface area contributed by atoms with Gasteiger partial charge in [0.1, 0.15) is 5.82 Å². The lowest BCUT2D eigenvalue weighted by molar-refractivity contribution is -0.153. The maximum atomic E-state index is 13.5. The lowest BCUT2D eigenvalue weighted by atomic mass is 9.73. The lowest BCUT2D eigenvalue weighted by Crippen LogP contribution is -2.52. The van der Waals surface area contributed by atoms with E-state index >= 15 is 0 Å². The van der Waals surface area contributed by atoms with E-state index in [1.807, 2.05) is 14.0 Å². The minimum atomic E-state index is -0.679. The van der Waals surface area contributed by atoms with Gasteiger partial charge in [0.15, 0.2) is 0 Å². The van der Waals surface area contributed by atoms with Crippen molar-refractivity contribution >= 4 is 16.9 Å². The van der Waals surface area contributed by atoms with Crippen LogP contribution in [0.2, 0.25) is 0 Å². The molecule has 0 bridgehead atoms. The number of aromatic nitrogens is 1. The summed E-state index contributed by atoms with van der Waals surface area (Å²) in [5.41, 5.74) is 2.36. The number of hydrogen-bond donors (Lipinski definition) is 2. The van der Waals surface area contributed by atoms with Gasteiger partial charge in [0.25, 0.3) is 0 Å². The first-order valence-corrected chi connectivity index (χ1v) is 8.80. The van der Waals surface area contributed by atoms with E-state index in [4.69, 9.17) is 0 Å². The number of aliphatic carboxylic acids is 1. The molecule has 25 heavy (non-hydrogen) atoms. The van der Waals surface area contributed by atoms with Gasteiger partial charge in [-0.2, -0.15) is 0 Å². The number of aromatic amines is 1. The molecular weight excluding hydrogens is 321 g/mol. The Kier molecular flexibility index (Phi) is 3.85. The van der Waals surface area contributed by atoms with Crippen LogP contribution in [0.4, 0.5) is 4.39 Å². The van der Waals surface area contributed by atoms with Crippen molar-refractivity contribution in [2.24, 2.45) is 11.3 Å². The van der Waals surface area contributed by atoms with E-state index in [9.17, 15) is 14.3 Å². The number of rotatable bonds is 3. The van der Waals surface area contributed by atoms with Crippen LogP contribution in [-0.4, -0.2) is 59.1 Å². The number of H-pyrrole nitrogens is 1. The standard InChI is InChI=1S/C19H24FN3O2/c1-12-15-7-14(20)3-4-16(15)21-17(12)9-23-8-13-5-6-22(2)10-19(13,11-23)18(24)25/h3-4,7,13,21H,5-6,8-11H2,1-2H3,(H,24,25)/t13-,19-/m1/s1. The SMILES string of the molecule is Cc1c(CN2C[C@H]3CCN(C)C[C@@]3(C(=O)O)C2)[nH]c2ccc(F)cc12. The molecule has 2 N–H and O–H groups in total. The number of aryl methyl sites for hydroxylation is 1.